The Kier molecular flexibility index (Phi) is 4.65. The molecule has 0 aliphatic rings. The summed E-state index contributed by atoms with van der Waals surface area (Å²) in [5.74, 6) is 0.698. The van der Waals surface area contributed by atoms with Gasteiger partial charge < -0.3 is 9.84 Å². The molecule has 5 nitrogen and oxygen atoms in total. The molecule has 0 spiro atoms. The molecule has 0 radical (unpaired) electrons. The topological polar surface area (TPSA) is 74.7 Å². The van der Waals surface area contributed by atoms with Gasteiger partial charge in [0.2, 0.25) is 6.39 Å². The molecule has 1 N–H and O–H groups in total. The zero-order valence-electron chi connectivity index (χ0n) is 8.23. The van der Waals surface area contributed by atoms with Crippen molar-refractivity contribution >= 4 is 0 Å². The highest BCUT2D eigenvalue weighted by atomic mass is 16.5. The van der Waals surface area contributed by atoms with E-state index in [1.807, 2.05) is 0 Å². The number of nitriles is 1. The molecule has 1 atom stereocenters. The minimum absolute atomic E-state index is 0.270. The Labute approximate surface area is 83.1 Å². The molecule has 0 aliphatic heterocycles. The smallest absolute Gasteiger partial charge is 0.213 e. The summed E-state index contributed by atoms with van der Waals surface area (Å²) in [7, 11) is 0. The predicted octanol–water partition coefficient (Wildman–Crippen LogP) is 0.894. The second-order valence-electron chi connectivity index (χ2n) is 3.02. The van der Waals surface area contributed by atoms with Crippen molar-refractivity contribution in [3.63, 3.8) is 0 Å². The van der Waals surface area contributed by atoms with Crippen LogP contribution < -0.4 is 5.32 Å². The third-order valence-corrected chi connectivity index (χ3v) is 2.02. The molecule has 5 heteroatoms. The van der Waals surface area contributed by atoms with E-state index in [1.165, 1.54) is 6.39 Å². The fourth-order valence-electron chi connectivity index (χ4n) is 1.16. The van der Waals surface area contributed by atoms with Crippen molar-refractivity contribution in [1.29, 1.82) is 5.26 Å². The SMILES string of the molecule is CCC(CC#N)NCCc1ncon1. The van der Waals surface area contributed by atoms with Crippen LogP contribution >= 0.6 is 0 Å². The average Bonchev–Trinajstić information content (AvgIpc) is 2.69. The number of hydrogen-bond donors (Lipinski definition) is 1. The summed E-state index contributed by atoms with van der Waals surface area (Å²) in [6.07, 6.45) is 3.56. The average molecular weight is 194 g/mol. The maximum atomic E-state index is 8.52. The summed E-state index contributed by atoms with van der Waals surface area (Å²) in [4.78, 5) is 3.90. The fourth-order valence-corrected chi connectivity index (χ4v) is 1.16. The van der Waals surface area contributed by atoms with Crippen LogP contribution in [-0.2, 0) is 6.42 Å². The molecule has 0 amide bonds. The monoisotopic (exact) mass is 194 g/mol. The summed E-state index contributed by atoms with van der Waals surface area (Å²) in [6, 6.07) is 2.42. The number of nitrogens with one attached hydrogen (secondary N) is 1. The lowest BCUT2D eigenvalue weighted by Gasteiger charge is -2.11. The number of aromatic nitrogens is 2. The summed E-state index contributed by atoms with van der Waals surface area (Å²) < 4.78 is 4.60. The van der Waals surface area contributed by atoms with E-state index in [0.29, 0.717) is 12.2 Å². The van der Waals surface area contributed by atoms with Gasteiger partial charge in [0, 0.05) is 19.0 Å². The van der Waals surface area contributed by atoms with Crippen LogP contribution in [0.2, 0.25) is 0 Å². The van der Waals surface area contributed by atoms with Gasteiger partial charge in [0.05, 0.1) is 12.5 Å². The first-order valence-corrected chi connectivity index (χ1v) is 4.72. The molecule has 76 valence electrons. The van der Waals surface area contributed by atoms with E-state index in [1.54, 1.807) is 0 Å². The van der Waals surface area contributed by atoms with Crippen molar-refractivity contribution < 1.29 is 4.52 Å². The minimum atomic E-state index is 0.270. The first-order valence-electron chi connectivity index (χ1n) is 4.72. The molecule has 0 saturated carbocycles. The van der Waals surface area contributed by atoms with E-state index in [2.05, 4.69) is 33.0 Å². The van der Waals surface area contributed by atoms with Gasteiger partial charge in [-0.2, -0.15) is 10.2 Å². The molecule has 0 bridgehead atoms. The quantitative estimate of drug-likeness (QED) is 0.728. The van der Waals surface area contributed by atoms with Crippen LogP contribution in [0.5, 0.6) is 0 Å². The maximum absolute atomic E-state index is 8.52. The lowest BCUT2D eigenvalue weighted by atomic mass is 10.1. The molecular weight excluding hydrogens is 180 g/mol. The van der Waals surface area contributed by atoms with Crippen LogP contribution in [0.15, 0.2) is 10.9 Å². The lowest BCUT2D eigenvalue weighted by molar-refractivity contribution is 0.407. The van der Waals surface area contributed by atoms with Gasteiger partial charge in [-0.1, -0.05) is 12.1 Å². The Morgan fingerprint density at radius 1 is 1.71 bits per heavy atom. The van der Waals surface area contributed by atoms with Crippen molar-refractivity contribution in [2.24, 2.45) is 0 Å². The molecular formula is C9H14N4O. The molecule has 0 fully saturated rings. The Morgan fingerprint density at radius 2 is 2.57 bits per heavy atom. The standard InChI is InChI=1S/C9H14N4O/c1-2-8(3-5-10)11-6-4-9-12-7-14-13-9/h7-8,11H,2-4,6H2,1H3. The first kappa shape index (κ1) is 10.7. The molecule has 0 saturated heterocycles. The van der Waals surface area contributed by atoms with Crippen LogP contribution in [0.3, 0.4) is 0 Å². The van der Waals surface area contributed by atoms with E-state index >= 15 is 0 Å². The minimum Gasteiger partial charge on any atom is -0.343 e. The Bertz CT molecular complexity index is 278. The van der Waals surface area contributed by atoms with Crippen LogP contribution in [0.1, 0.15) is 25.6 Å². The van der Waals surface area contributed by atoms with Gasteiger partial charge in [0.15, 0.2) is 5.82 Å². The summed E-state index contributed by atoms with van der Waals surface area (Å²) in [5, 5.41) is 15.5. The Hall–Kier alpha value is -1.41. The van der Waals surface area contributed by atoms with Crippen molar-refractivity contribution in [3.05, 3.63) is 12.2 Å². The number of hydrogen-bond acceptors (Lipinski definition) is 5. The third kappa shape index (κ3) is 3.54. The van der Waals surface area contributed by atoms with Gasteiger partial charge in [-0.3, -0.25) is 0 Å². The van der Waals surface area contributed by atoms with Crippen molar-refractivity contribution in [2.45, 2.75) is 32.2 Å². The second kappa shape index (κ2) is 6.11. The molecule has 0 aliphatic carbocycles. The van der Waals surface area contributed by atoms with Crippen LogP contribution in [0, 0.1) is 11.3 Å². The van der Waals surface area contributed by atoms with E-state index in [0.717, 1.165) is 19.4 Å². The predicted molar refractivity (Wildman–Crippen MR) is 50.3 cm³/mol. The lowest BCUT2D eigenvalue weighted by Crippen LogP contribution is -2.30. The van der Waals surface area contributed by atoms with Crippen molar-refractivity contribution in [1.82, 2.24) is 15.5 Å². The largest absolute Gasteiger partial charge is 0.343 e. The van der Waals surface area contributed by atoms with Crippen LogP contribution in [0.4, 0.5) is 0 Å². The second-order valence-corrected chi connectivity index (χ2v) is 3.02. The fraction of sp³-hybridized carbons (Fsp3) is 0.667. The number of nitrogens with zero attached hydrogens (tertiary/aromatic N) is 3. The highest BCUT2D eigenvalue weighted by Gasteiger charge is 2.04. The molecule has 1 aromatic rings. The van der Waals surface area contributed by atoms with Crippen molar-refractivity contribution in [2.75, 3.05) is 6.54 Å². The van der Waals surface area contributed by atoms with E-state index in [4.69, 9.17) is 5.26 Å². The van der Waals surface area contributed by atoms with E-state index < -0.39 is 0 Å². The summed E-state index contributed by atoms with van der Waals surface area (Å²) >= 11 is 0. The number of rotatable bonds is 6. The van der Waals surface area contributed by atoms with Gasteiger partial charge in [-0.05, 0) is 6.42 Å². The van der Waals surface area contributed by atoms with Crippen LogP contribution in [0.25, 0.3) is 0 Å². The highest BCUT2D eigenvalue weighted by Crippen LogP contribution is 1.96. The molecule has 1 aromatic heterocycles. The van der Waals surface area contributed by atoms with E-state index in [9.17, 15) is 0 Å². The van der Waals surface area contributed by atoms with Crippen molar-refractivity contribution in [3.8, 4) is 6.07 Å². The van der Waals surface area contributed by atoms with Gasteiger partial charge >= 0.3 is 0 Å². The van der Waals surface area contributed by atoms with Gasteiger partial charge in [0.1, 0.15) is 0 Å². The molecule has 1 unspecified atom stereocenters. The Balaban J connectivity index is 2.17. The zero-order valence-corrected chi connectivity index (χ0v) is 8.23. The first-order chi connectivity index (χ1) is 6.86. The van der Waals surface area contributed by atoms with Gasteiger partial charge in [-0.15, -0.1) is 0 Å². The normalized spacial score (nSPS) is 12.3. The zero-order chi connectivity index (χ0) is 10.2. The molecule has 14 heavy (non-hydrogen) atoms. The molecule has 0 aromatic carbocycles. The molecule has 1 rings (SSSR count). The van der Waals surface area contributed by atoms with Gasteiger partial charge in [-0.25, -0.2) is 0 Å². The maximum Gasteiger partial charge on any atom is 0.213 e. The van der Waals surface area contributed by atoms with Crippen LogP contribution in [-0.4, -0.2) is 22.7 Å². The summed E-state index contributed by atoms with van der Waals surface area (Å²) in [6.45, 7) is 2.84. The molecule has 1 heterocycles. The summed E-state index contributed by atoms with van der Waals surface area (Å²) in [5.41, 5.74) is 0. The Morgan fingerprint density at radius 3 is 3.14 bits per heavy atom. The highest BCUT2D eigenvalue weighted by molar-refractivity contribution is 4.83. The van der Waals surface area contributed by atoms with Gasteiger partial charge in [0.25, 0.3) is 0 Å². The third-order valence-electron chi connectivity index (χ3n) is 2.02. The van der Waals surface area contributed by atoms with E-state index in [-0.39, 0.29) is 6.04 Å².